The summed E-state index contributed by atoms with van der Waals surface area (Å²) in [5.74, 6) is 1.86. The van der Waals surface area contributed by atoms with Crippen molar-refractivity contribution in [1.29, 1.82) is 0 Å². The third-order valence-electron chi connectivity index (χ3n) is 5.30. The Morgan fingerprint density at radius 1 is 1.00 bits per heavy atom. The molecule has 0 aliphatic heterocycles. The van der Waals surface area contributed by atoms with Crippen molar-refractivity contribution in [2.45, 2.75) is 79.4 Å². The van der Waals surface area contributed by atoms with E-state index in [1.165, 1.54) is 0 Å². The smallest absolute Gasteiger partial charge is 0.237 e. The summed E-state index contributed by atoms with van der Waals surface area (Å²) in [4.78, 5) is 16.9. The van der Waals surface area contributed by atoms with Crippen LogP contribution >= 0.6 is 0 Å². The number of pyridine rings is 1. The number of aromatic nitrogens is 3. The van der Waals surface area contributed by atoms with Crippen molar-refractivity contribution in [3.8, 4) is 17.1 Å². The largest absolute Gasteiger partial charge is 0.473 e. The molecule has 0 unspecified atom stereocenters. The van der Waals surface area contributed by atoms with E-state index in [1.54, 1.807) is 0 Å². The van der Waals surface area contributed by atoms with E-state index in [9.17, 15) is 0 Å². The quantitative estimate of drug-likeness (QED) is 0.623. The van der Waals surface area contributed by atoms with Crippen LogP contribution in [0.3, 0.4) is 0 Å². The van der Waals surface area contributed by atoms with Crippen LogP contribution in [0.2, 0.25) is 0 Å². The van der Waals surface area contributed by atoms with E-state index >= 15 is 0 Å². The molecule has 0 aliphatic rings. The monoisotopic (exact) mass is 399 g/mol. The summed E-state index contributed by atoms with van der Waals surface area (Å²) < 4.78 is 6.14. The summed E-state index contributed by atoms with van der Waals surface area (Å²) in [5, 5.41) is 0. The van der Waals surface area contributed by atoms with Gasteiger partial charge in [0.2, 0.25) is 5.88 Å². The molecule has 160 valence electrons. The van der Waals surface area contributed by atoms with E-state index in [1.807, 2.05) is 0 Å². The molecule has 0 bridgehead atoms. The third-order valence-corrected chi connectivity index (χ3v) is 5.30. The lowest BCUT2D eigenvalue weighted by Gasteiger charge is -2.23. The summed E-state index contributed by atoms with van der Waals surface area (Å²) in [6.07, 6.45) is 2.74. The summed E-state index contributed by atoms with van der Waals surface area (Å²) in [6.45, 7) is 13.9. The zero-order valence-electron chi connectivity index (χ0n) is 19.1. The fraction of sp³-hybridized carbons (Fsp3) is 0.609. The molecular weight excluding hydrogens is 362 g/mol. The highest BCUT2D eigenvalue weighted by molar-refractivity contribution is 5.75. The molecule has 0 atom stereocenters. The van der Waals surface area contributed by atoms with Crippen molar-refractivity contribution >= 4 is 5.82 Å². The van der Waals surface area contributed by atoms with Gasteiger partial charge in [-0.15, -0.1) is 0 Å². The van der Waals surface area contributed by atoms with E-state index in [0.29, 0.717) is 17.5 Å². The van der Waals surface area contributed by atoms with Gasteiger partial charge in [-0.3, -0.25) is 0 Å². The second kappa shape index (κ2) is 10.5. The molecule has 0 saturated carbocycles. The van der Waals surface area contributed by atoms with Gasteiger partial charge in [-0.05, 0) is 44.2 Å². The minimum absolute atomic E-state index is 0.124. The van der Waals surface area contributed by atoms with E-state index in [4.69, 9.17) is 25.4 Å². The van der Waals surface area contributed by atoms with Gasteiger partial charge < -0.3 is 15.4 Å². The third kappa shape index (κ3) is 5.24. The minimum atomic E-state index is 0.124. The average Bonchev–Trinajstić information content (AvgIpc) is 2.75. The van der Waals surface area contributed by atoms with Gasteiger partial charge >= 0.3 is 0 Å². The lowest BCUT2D eigenvalue weighted by Crippen LogP contribution is -2.21. The summed E-state index contributed by atoms with van der Waals surface area (Å²) in [6, 6.07) is 4.21. The number of anilines is 1. The second-order valence-electron chi connectivity index (χ2n) is 7.66. The van der Waals surface area contributed by atoms with Crippen molar-refractivity contribution in [3.05, 3.63) is 29.2 Å². The highest BCUT2D eigenvalue weighted by Crippen LogP contribution is 2.33. The Labute approximate surface area is 175 Å². The molecule has 0 amide bonds. The van der Waals surface area contributed by atoms with Gasteiger partial charge in [0.25, 0.3) is 0 Å². The van der Waals surface area contributed by atoms with Crippen LogP contribution in [0.1, 0.15) is 77.4 Å². The van der Waals surface area contributed by atoms with Crippen LogP contribution in [0.4, 0.5) is 5.82 Å². The number of aryl methyl sites for hydroxylation is 1. The predicted octanol–water partition coefficient (Wildman–Crippen LogP) is 4.71. The fourth-order valence-corrected chi connectivity index (χ4v) is 3.20. The summed E-state index contributed by atoms with van der Waals surface area (Å²) >= 11 is 0. The summed E-state index contributed by atoms with van der Waals surface area (Å²) in [5.41, 5.74) is 10.5. The molecule has 0 radical (unpaired) electrons. The van der Waals surface area contributed by atoms with Crippen molar-refractivity contribution in [1.82, 2.24) is 15.0 Å². The molecule has 2 rings (SSSR count). The Hall–Kier alpha value is -2.21. The Bertz CT molecular complexity index is 802. The molecular formula is C23H37N5O. The van der Waals surface area contributed by atoms with E-state index in [-0.39, 0.29) is 12.6 Å². The number of hydrogen-bond donors (Lipinski definition) is 1. The van der Waals surface area contributed by atoms with Gasteiger partial charge in [0.05, 0.1) is 17.5 Å². The number of hydrogen-bond acceptors (Lipinski definition) is 6. The minimum Gasteiger partial charge on any atom is -0.473 e. The zero-order valence-corrected chi connectivity index (χ0v) is 19.1. The maximum atomic E-state index is 6.14. The van der Waals surface area contributed by atoms with Crippen LogP contribution in [-0.2, 0) is 13.0 Å². The Morgan fingerprint density at radius 2 is 1.69 bits per heavy atom. The molecule has 0 aromatic carbocycles. The number of ether oxygens (including phenoxy) is 1. The Balaban J connectivity index is 2.64. The predicted molar refractivity (Wildman–Crippen MR) is 121 cm³/mol. The van der Waals surface area contributed by atoms with Crippen molar-refractivity contribution in [3.63, 3.8) is 0 Å². The van der Waals surface area contributed by atoms with Crippen LogP contribution in [0.5, 0.6) is 5.88 Å². The topological polar surface area (TPSA) is 77.2 Å². The highest BCUT2D eigenvalue weighted by atomic mass is 16.5. The van der Waals surface area contributed by atoms with Crippen LogP contribution < -0.4 is 15.4 Å². The van der Waals surface area contributed by atoms with E-state index < -0.39 is 0 Å². The second-order valence-corrected chi connectivity index (χ2v) is 7.66. The molecule has 0 spiro atoms. The van der Waals surface area contributed by atoms with Crippen LogP contribution in [0.15, 0.2) is 12.1 Å². The van der Waals surface area contributed by atoms with E-state index in [0.717, 1.165) is 54.3 Å². The molecule has 2 heterocycles. The summed E-state index contributed by atoms with van der Waals surface area (Å²) in [7, 11) is 2.06. The van der Waals surface area contributed by atoms with Crippen molar-refractivity contribution < 1.29 is 4.74 Å². The first-order valence-electron chi connectivity index (χ1n) is 10.9. The standard InChI is InChI=1S/C23H37N5O/c1-8-16(9-2)29-23-20(14-24)25-21(18(10-3)27-23)17-12-13-19(15(5)6)26-22(17)28(7)11-4/h12-13,15-16H,8-11,14,24H2,1-7H3. The molecule has 6 nitrogen and oxygen atoms in total. The van der Waals surface area contributed by atoms with Gasteiger partial charge in [-0.1, -0.05) is 34.6 Å². The molecule has 0 aliphatic carbocycles. The SMILES string of the molecule is CCc1nc(OC(CC)CC)c(CN)nc1-c1ccc(C(C)C)nc1N(C)CC. The molecule has 6 heteroatoms. The van der Waals surface area contributed by atoms with Crippen LogP contribution in [-0.4, -0.2) is 34.6 Å². The van der Waals surface area contributed by atoms with Gasteiger partial charge in [0.1, 0.15) is 11.5 Å². The normalized spacial score (nSPS) is 11.4. The van der Waals surface area contributed by atoms with Gasteiger partial charge in [0.15, 0.2) is 0 Å². The van der Waals surface area contributed by atoms with Crippen molar-refractivity contribution in [2.24, 2.45) is 5.73 Å². The Morgan fingerprint density at radius 3 is 2.21 bits per heavy atom. The molecule has 2 aromatic heterocycles. The first kappa shape index (κ1) is 23.1. The number of rotatable bonds is 10. The maximum absolute atomic E-state index is 6.14. The van der Waals surface area contributed by atoms with Crippen LogP contribution in [0.25, 0.3) is 11.3 Å². The molecule has 29 heavy (non-hydrogen) atoms. The van der Waals surface area contributed by atoms with Gasteiger partial charge in [-0.25, -0.2) is 15.0 Å². The zero-order chi connectivity index (χ0) is 21.6. The van der Waals surface area contributed by atoms with Gasteiger partial charge in [0, 0.05) is 31.4 Å². The van der Waals surface area contributed by atoms with E-state index in [2.05, 4.69) is 65.6 Å². The molecule has 0 saturated heterocycles. The highest BCUT2D eigenvalue weighted by Gasteiger charge is 2.21. The molecule has 2 N–H and O–H groups in total. The molecule has 2 aromatic rings. The number of nitrogens with two attached hydrogens (primary N) is 1. The average molecular weight is 400 g/mol. The molecule has 0 fully saturated rings. The lowest BCUT2D eigenvalue weighted by molar-refractivity contribution is 0.181. The van der Waals surface area contributed by atoms with Gasteiger partial charge in [-0.2, -0.15) is 0 Å². The van der Waals surface area contributed by atoms with Crippen LogP contribution in [0, 0.1) is 0 Å². The Kier molecular flexibility index (Phi) is 8.38. The number of nitrogens with zero attached hydrogens (tertiary/aromatic N) is 4. The first-order chi connectivity index (χ1) is 13.9. The first-order valence-corrected chi connectivity index (χ1v) is 10.9. The van der Waals surface area contributed by atoms with Crippen molar-refractivity contribution in [2.75, 3.05) is 18.5 Å². The lowest BCUT2D eigenvalue weighted by atomic mass is 10.0. The fourth-order valence-electron chi connectivity index (χ4n) is 3.20. The maximum Gasteiger partial charge on any atom is 0.237 e.